The number of halogens is 3. The molecule has 152 valence electrons. The van der Waals surface area contributed by atoms with Gasteiger partial charge in [0.15, 0.2) is 11.4 Å². The van der Waals surface area contributed by atoms with E-state index in [0.29, 0.717) is 24.2 Å². The number of hydrogen-bond donors (Lipinski definition) is 1. The highest BCUT2D eigenvalue weighted by Gasteiger charge is 2.68. The van der Waals surface area contributed by atoms with Crippen molar-refractivity contribution in [3.05, 3.63) is 52.6 Å². The number of nitriles is 2. The minimum absolute atomic E-state index is 0.0714. The normalized spacial score (nSPS) is 23.4. The summed E-state index contributed by atoms with van der Waals surface area (Å²) in [5.41, 5.74) is -1.54. The zero-order chi connectivity index (χ0) is 21.9. The van der Waals surface area contributed by atoms with E-state index in [-0.39, 0.29) is 23.0 Å². The third kappa shape index (κ3) is 2.51. The number of amides is 1. The maximum atomic E-state index is 13.5. The highest BCUT2D eigenvalue weighted by atomic mass is 19.4. The van der Waals surface area contributed by atoms with Crippen LogP contribution in [0.15, 0.2) is 24.3 Å². The van der Waals surface area contributed by atoms with Crippen LogP contribution in [0.1, 0.15) is 60.9 Å². The lowest BCUT2D eigenvalue weighted by molar-refractivity contribution is -0.137. The van der Waals surface area contributed by atoms with Crippen LogP contribution in [0.4, 0.5) is 18.9 Å². The van der Waals surface area contributed by atoms with Gasteiger partial charge < -0.3 is 5.32 Å². The van der Waals surface area contributed by atoms with Crippen LogP contribution in [0.5, 0.6) is 0 Å². The van der Waals surface area contributed by atoms with Crippen molar-refractivity contribution >= 4 is 11.6 Å². The zero-order valence-electron chi connectivity index (χ0n) is 16.1. The second kappa shape index (κ2) is 6.27. The molecule has 0 spiro atoms. The Bertz CT molecular complexity index is 1140. The molecule has 1 fully saturated rings. The molecule has 1 amide bonds. The van der Waals surface area contributed by atoms with Gasteiger partial charge in [0.2, 0.25) is 5.91 Å². The molecule has 2 atom stereocenters. The first-order valence-electron chi connectivity index (χ1n) is 9.27. The smallest absolute Gasteiger partial charge is 0.325 e. The van der Waals surface area contributed by atoms with E-state index in [0.717, 1.165) is 12.1 Å². The standard InChI is InChI=1S/C21H16F3N5O/c1-19(2)13-7-8-20(19,17-16(13)28-14(9-25)15(10-26)29-17)18(30)27-12-5-3-11(4-6-12)21(22,23)24/h3-6,13H,7-8H2,1-2H3,(H,27,30)/t13-,20+/m0/s1. The van der Waals surface area contributed by atoms with Gasteiger partial charge in [-0.25, -0.2) is 9.97 Å². The van der Waals surface area contributed by atoms with Crippen molar-refractivity contribution in [2.24, 2.45) is 5.41 Å². The van der Waals surface area contributed by atoms with Gasteiger partial charge in [-0.2, -0.15) is 23.7 Å². The van der Waals surface area contributed by atoms with E-state index in [2.05, 4.69) is 15.3 Å². The molecule has 0 radical (unpaired) electrons. The number of nitrogens with one attached hydrogen (secondary N) is 1. The van der Waals surface area contributed by atoms with Gasteiger partial charge in [0, 0.05) is 11.6 Å². The number of anilines is 1. The van der Waals surface area contributed by atoms with Crippen LogP contribution < -0.4 is 5.32 Å². The third-order valence-electron chi connectivity index (χ3n) is 6.51. The van der Waals surface area contributed by atoms with E-state index >= 15 is 0 Å². The van der Waals surface area contributed by atoms with Crippen LogP contribution in [-0.2, 0) is 16.4 Å². The van der Waals surface area contributed by atoms with Crippen LogP contribution in [0.3, 0.4) is 0 Å². The second-order valence-electron chi connectivity index (χ2n) is 8.13. The van der Waals surface area contributed by atoms with Gasteiger partial charge in [0.1, 0.15) is 12.1 Å². The largest absolute Gasteiger partial charge is 0.416 e. The summed E-state index contributed by atoms with van der Waals surface area (Å²) in [6, 6.07) is 7.96. The number of hydrogen-bond acceptors (Lipinski definition) is 5. The predicted octanol–water partition coefficient (Wildman–Crippen LogP) is 4.03. The molecule has 2 bridgehead atoms. The molecular weight excluding hydrogens is 395 g/mol. The number of carbonyl (C=O) groups is 1. The second-order valence-corrected chi connectivity index (χ2v) is 8.13. The quantitative estimate of drug-likeness (QED) is 0.804. The minimum Gasteiger partial charge on any atom is -0.325 e. The predicted molar refractivity (Wildman–Crippen MR) is 99.0 cm³/mol. The van der Waals surface area contributed by atoms with Crippen molar-refractivity contribution in [3.63, 3.8) is 0 Å². The molecule has 1 N–H and O–H groups in total. The van der Waals surface area contributed by atoms with Gasteiger partial charge in [0.05, 0.1) is 22.4 Å². The number of aromatic nitrogens is 2. The van der Waals surface area contributed by atoms with Gasteiger partial charge >= 0.3 is 6.18 Å². The molecule has 4 rings (SSSR count). The summed E-state index contributed by atoms with van der Waals surface area (Å²) in [5, 5.41) is 21.3. The summed E-state index contributed by atoms with van der Waals surface area (Å²) in [6.45, 7) is 3.83. The fourth-order valence-corrected chi connectivity index (χ4v) is 4.90. The number of rotatable bonds is 2. The number of alkyl halides is 3. The monoisotopic (exact) mass is 411 g/mol. The first-order valence-corrected chi connectivity index (χ1v) is 9.27. The van der Waals surface area contributed by atoms with Crippen molar-refractivity contribution in [2.45, 2.75) is 44.2 Å². The Morgan fingerprint density at radius 1 is 1.13 bits per heavy atom. The lowest BCUT2D eigenvalue weighted by Gasteiger charge is -2.36. The van der Waals surface area contributed by atoms with Gasteiger partial charge in [0.25, 0.3) is 0 Å². The average Bonchev–Trinajstić information content (AvgIpc) is 3.08. The number of benzene rings is 1. The molecular formula is C21H16F3N5O. The van der Waals surface area contributed by atoms with E-state index in [1.54, 1.807) is 0 Å². The van der Waals surface area contributed by atoms with Crippen LogP contribution in [0, 0.1) is 28.1 Å². The van der Waals surface area contributed by atoms with Crippen molar-refractivity contribution in [1.82, 2.24) is 9.97 Å². The fourth-order valence-electron chi connectivity index (χ4n) is 4.90. The Hall–Kier alpha value is -3.46. The van der Waals surface area contributed by atoms with E-state index in [4.69, 9.17) is 0 Å². The highest BCUT2D eigenvalue weighted by molar-refractivity contribution is 6.01. The average molecular weight is 411 g/mol. The molecule has 1 saturated carbocycles. The maximum absolute atomic E-state index is 13.5. The minimum atomic E-state index is -4.46. The van der Waals surface area contributed by atoms with Gasteiger partial charge in [-0.1, -0.05) is 13.8 Å². The number of nitrogens with zero attached hydrogens (tertiary/aromatic N) is 4. The first-order chi connectivity index (χ1) is 14.1. The van der Waals surface area contributed by atoms with E-state index in [9.17, 15) is 28.5 Å². The summed E-state index contributed by atoms with van der Waals surface area (Å²) >= 11 is 0. The van der Waals surface area contributed by atoms with Crippen molar-refractivity contribution in [2.75, 3.05) is 5.32 Å². The Morgan fingerprint density at radius 2 is 1.73 bits per heavy atom. The van der Waals surface area contributed by atoms with E-state index in [1.165, 1.54) is 12.1 Å². The summed E-state index contributed by atoms with van der Waals surface area (Å²) in [4.78, 5) is 22.1. The highest BCUT2D eigenvalue weighted by Crippen LogP contribution is 2.67. The zero-order valence-corrected chi connectivity index (χ0v) is 16.1. The van der Waals surface area contributed by atoms with Crippen molar-refractivity contribution in [1.29, 1.82) is 10.5 Å². The Morgan fingerprint density at radius 3 is 2.30 bits per heavy atom. The Kier molecular flexibility index (Phi) is 4.14. The molecule has 2 aliphatic carbocycles. The summed E-state index contributed by atoms with van der Waals surface area (Å²) in [7, 11) is 0. The van der Waals surface area contributed by atoms with Crippen molar-refractivity contribution in [3.8, 4) is 12.1 Å². The molecule has 0 unspecified atom stereocenters. The van der Waals surface area contributed by atoms with Gasteiger partial charge in [-0.05, 0) is 42.5 Å². The number of fused-ring (bicyclic) bond motifs is 5. The van der Waals surface area contributed by atoms with E-state index < -0.39 is 28.5 Å². The van der Waals surface area contributed by atoms with E-state index in [1.807, 2.05) is 26.0 Å². The topological polar surface area (TPSA) is 102 Å². The van der Waals surface area contributed by atoms with Gasteiger partial charge in [-0.15, -0.1) is 0 Å². The fraction of sp³-hybridized carbons (Fsp3) is 0.381. The Labute approximate surface area is 170 Å². The lowest BCUT2D eigenvalue weighted by Crippen LogP contribution is -2.46. The van der Waals surface area contributed by atoms with Gasteiger partial charge in [-0.3, -0.25) is 4.79 Å². The van der Waals surface area contributed by atoms with Crippen LogP contribution in [0.25, 0.3) is 0 Å². The first kappa shape index (κ1) is 19.8. The SMILES string of the molecule is CC1(C)[C@H]2CC[C@]1(C(=O)Nc1ccc(C(F)(F)F)cc1)c1nc(C#N)c(C#N)nc12. The van der Waals surface area contributed by atoms with Crippen LogP contribution in [-0.4, -0.2) is 15.9 Å². The lowest BCUT2D eigenvalue weighted by atomic mass is 9.67. The third-order valence-corrected chi connectivity index (χ3v) is 6.51. The molecule has 2 aliphatic rings. The summed E-state index contributed by atoms with van der Waals surface area (Å²) < 4.78 is 38.4. The molecule has 1 aromatic carbocycles. The van der Waals surface area contributed by atoms with Crippen LogP contribution >= 0.6 is 0 Å². The summed E-state index contributed by atoms with van der Waals surface area (Å²) in [6.07, 6.45) is -3.34. The Balaban J connectivity index is 1.76. The molecule has 6 nitrogen and oxygen atoms in total. The molecule has 30 heavy (non-hydrogen) atoms. The van der Waals surface area contributed by atoms with Crippen molar-refractivity contribution < 1.29 is 18.0 Å². The maximum Gasteiger partial charge on any atom is 0.416 e. The molecule has 0 aliphatic heterocycles. The number of carbonyl (C=O) groups excluding carboxylic acids is 1. The molecule has 2 aromatic rings. The molecule has 0 saturated heterocycles. The molecule has 1 heterocycles. The molecule has 1 aromatic heterocycles. The molecule has 9 heteroatoms. The summed E-state index contributed by atoms with van der Waals surface area (Å²) in [5.74, 6) is -0.519. The van der Waals surface area contributed by atoms with Crippen LogP contribution in [0.2, 0.25) is 0 Å².